The minimum atomic E-state index is -1.25. The summed E-state index contributed by atoms with van der Waals surface area (Å²) in [4.78, 5) is 0. The minimum Gasteiger partial charge on any atom is -0.388 e. The van der Waals surface area contributed by atoms with Gasteiger partial charge in [0.1, 0.15) is 17.5 Å². The van der Waals surface area contributed by atoms with E-state index in [2.05, 4.69) is 0 Å². The van der Waals surface area contributed by atoms with E-state index in [9.17, 15) is 18.3 Å². The molecule has 1 atom stereocenters. The smallest absolute Gasteiger partial charge is 0.129 e. The first-order valence-corrected chi connectivity index (χ1v) is 5.92. The van der Waals surface area contributed by atoms with Gasteiger partial charge < -0.3 is 5.11 Å². The molecular formula is C14H10ClF3O. The van der Waals surface area contributed by atoms with E-state index in [1.54, 1.807) is 0 Å². The Labute approximate surface area is 113 Å². The summed E-state index contributed by atoms with van der Waals surface area (Å²) < 4.78 is 39.4. The Morgan fingerprint density at radius 1 is 1.00 bits per heavy atom. The van der Waals surface area contributed by atoms with E-state index in [1.807, 2.05) is 0 Å². The third-order valence-corrected chi connectivity index (χ3v) is 3.10. The monoisotopic (exact) mass is 286 g/mol. The van der Waals surface area contributed by atoms with Crippen LogP contribution in [0.2, 0.25) is 5.02 Å². The molecule has 0 spiro atoms. The Kier molecular flexibility index (Phi) is 4.12. The van der Waals surface area contributed by atoms with Gasteiger partial charge in [-0.25, -0.2) is 13.2 Å². The molecule has 0 aliphatic rings. The number of rotatable bonds is 3. The van der Waals surface area contributed by atoms with Crippen molar-refractivity contribution in [2.45, 2.75) is 12.5 Å². The van der Waals surface area contributed by atoms with Gasteiger partial charge in [0.2, 0.25) is 0 Å². The van der Waals surface area contributed by atoms with E-state index in [0.29, 0.717) is 5.56 Å². The molecule has 0 bridgehead atoms. The number of hydrogen-bond donors (Lipinski definition) is 1. The molecule has 1 nitrogen and oxygen atoms in total. The number of hydrogen-bond acceptors (Lipinski definition) is 1. The van der Waals surface area contributed by atoms with Crippen LogP contribution < -0.4 is 0 Å². The zero-order valence-electron chi connectivity index (χ0n) is 9.71. The van der Waals surface area contributed by atoms with Crippen LogP contribution in [0.3, 0.4) is 0 Å². The number of benzene rings is 2. The molecule has 2 aromatic carbocycles. The molecule has 0 aromatic heterocycles. The predicted octanol–water partition coefficient (Wildman–Crippen LogP) is 4.03. The molecule has 0 saturated carbocycles. The highest BCUT2D eigenvalue weighted by Crippen LogP contribution is 2.26. The maximum absolute atomic E-state index is 13.5. The number of halogens is 4. The van der Waals surface area contributed by atoms with Crippen molar-refractivity contribution in [3.05, 3.63) is 70.0 Å². The van der Waals surface area contributed by atoms with Crippen LogP contribution in [0.1, 0.15) is 17.2 Å². The lowest BCUT2D eigenvalue weighted by Crippen LogP contribution is -2.05. The molecular weight excluding hydrogens is 277 g/mol. The van der Waals surface area contributed by atoms with Crippen LogP contribution in [0.5, 0.6) is 0 Å². The van der Waals surface area contributed by atoms with Gasteiger partial charge in [0.25, 0.3) is 0 Å². The molecule has 100 valence electrons. The quantitative estimate of drug-likeness (QED) is 0.903. The molecule has 0 heterocycles. The van der Waals surface area contributed by atoms with Crippen LogP contribution >= 0.6 is 11.6 Å². The number of aliphatic hydroxyl groups is 1. The van der Waals surface area contributed by atoms with E-state index in [4.69, 9.17) is 11.6 Å². The molecule has 0 amide bonds. The van der Waals surface area contributed by atoms with E-state index >= 15 is 0 Å². The fraction of sp³-hybridized carbons (Fsp3) is 0.143. The van der Waals surface area contributed by atoms with Crippen molar-refractivity contribution in [1.29, 1.82) is 0 Å². The summed E-state index contributed by atoms with van der Waals surface area (Å²) in [6.45, 7) is 0. The highest BCUT2D eigenvalue weighted by atomic mass is 35.5. The predicted molar refractivity (Wildman–Crippen MR) is 66.4 cm³/mol. The van der Waals surface area contributed by atoms with E-state index in [1.165, 1.54) is 12.1 Å². The first kappa shape index (κ1) is 13.9. The third-order valence-electron chi connectivity index (χ3n) is 2.75. The zero-order chi connectivity index (χ0) is 14.0. The standard InChI is InChI=1S/C14H10ClF3O/c15-12-7-10(17)2-1-8(12)5-14(19)11-6-9(16)3-4-13(11)18/h1-4,6-7,14,19H,5H2. The minimum absolute atomic E-state index is 0.0283. The summed E-state index contributed by atoms with van der Waals surface area (Å²) in [6, 6.07) is 6.54. The van der Waals surface area contributed by atoms with Crippen LogP contribution in [0, 0.1) is 17.5 Å². The highest BCUT2D eigenvalue weighted by Gasteiger charge is 2.16. The molecule has 0 saturated heterocycles. The van der Waals surface area contributed by atoms with Crippen molar-refractivity contribution < 1.29 is 18.3 Å². The third kappa shape index (κ3) is 3.28. The Hall–Kier alpha value is -1.52. The van der Waals surface area contributed by atoms with E-state index in [0.717, 1.165) is 24.3 Å². The van der Waals surface area contributed by atoms with Gasteiger partial charge in [-0.2, -0.15) is 0 Å². The first-order chi connectivity index (χ1) is 8.97. The fourth-order valence-electron chi connectivity index (χ4n) is 1.78. The average molecular weight is 287 g/mol. The number of aliphatic hydroxyl groups excluding tert-OH is 1. The van der Waals surface area contributed by atoms with Crippen molar-refractivity contribution in [3.63, 3.8) is 0 Å². The Morgan fingerprint density at radius 3 is 2.32 bits per heavy atom. The van der Waals surface area contributed by atoms with Gasteiger partial charge >= 0.3 is 0 Å². The normalized spacial score (nSPS) is 12.5. The molecule has 19 heavy (non-hydrogen) atoms. The second kappa shape index (κ2) is 5.63. The summed E-state index contributed by atoms with van der Waals surface area (Å²) in [6.07, 6.45) is -1.28. The molecule has 0 aliphatic heterocycles. The van der Waals surface area contributed by atoms with Gasteiger partial charge in [0.05, 0.1) is 6.10 Å². The summed E-state index contributed by atoms with van der Waals surface area (Å²) in [5.74, 6) is -1.84. The van der Waals surface area contributed by atoms with Crippen molar-refractivity contribution in [2.24, 2.45) is 0 Å². The fourth-order valence-corrected chi connectivity index (χ4v) is 2.02. The van der Waals surface area contributed by atoms with Gasteiger partial charge in [-0.15, -0.1) is 0 Å². The van der Waals surface area contributed by atoms with Crippen molar-refractivity contribution in [1.82, 2.24) is 0 Å². The van der Waals surface area contributed by atoms with Gasteiger partial charge in [-0.1, -0.05) is 17.7 Å². The molecule has 0 radical (unpaired) electrons. The van der Waals surface area contributed by atoms with E-state index in [-0.39, 0.29) is 17.0 Å². The lowest BCUT2D eigenvalue weighted by molar-refractivity contribution is 0.173. The second-order valence-electron chi connectivity index (χ2n) is 4.12. The largest absolute Gasteiger partial charge is 0.388 e. The SMILES string of the molecule is OC(Cc1ccc(F)cc1Cl)c1cc(F)ccc1F. The van der Waals surface area contributed by atoms with Crippen molar-refractivity contribution in [3.8, 4) is 0 Å². The molecule has 2 rings (SSSR count). The molecule has 1 N–H and O–H groups in total. The lowest BCUT2D eigenvalue weighted by Gasteiger charge is -2.13. The maximum atomic E-state index is 13.5. The molecule has 5 heteroatoms. The van der Waals surface area contributed by atoms with Crippen LogP contribution in [-0.2, 0) is 6.42 Å². The van der Waals surface area contributed by atoms with Crippen molar-refractivity contribution >= 4 is 11.6 Å². The van der Waals surface area contributed by atoms with Crippen LogP contribution in [0.15, 0.2) is 36.4 Å². The summed E-state index contributed by atoms with van der Waals surface area (Å²) in [5.41, 5.74) is 0.305. The Morgan fingerprint density at radius 2 is 1.63 bits per heavy atom. The first-order valence-electron chi connectivity index (χ1n) is 5.54. The summed E-state index contributed by atoms with van der Waals surface area (Å²) in [5, 5.41) is 10.0. The Bertz CT molecular complexity index is 601. The van der Waals surface area contributed by atoms with Crippen LogP contribution in [-0.4, -0.2) is 5.11 Å². The van der Waals surface area contributed by atoms with E-state index < -0.39 is 23.6 Å². The molecule has 2 aromatic rings. The van der Waals surface area contributed by atoms with Gasteiger partial charge in [-0.3, -0.25) is 0 Å². The lowest BCUT2D eigenvalue weighted by atomic mass is 10.0. The van der Waals surface area contributed by atoms with Gasteiger partial charge in [0.15, 0.2) is 0 Å². The van der Waals surface area contributed by atoms with Crippen LogP contribution in [0.25, 0.3) is 0 Å². The zero-order valence-corrected chi connectivity index (χ0v) is 10.5. The van der Waals surface area contributed by atoms with Crippen LogP contribution in [0.4, 0.5) is 13.2 Å². The summed E-state index contributed by atoms with van der Waals surface area (Å²) in [7, 11) is 0. The Balaban J connectivity index is 2.25. The summed E-state index contributed by atoms with van der Waals surface area (Å²) >= 11 is 5.81. The highest BCUT2D eigenvalue weighted by molar-refractivity contribution is 6.31. The average Bonchev–Trinajstić information content (AvgIpc) is 2.35. The van der Waals surface area contributed by atoms with Crippen molar-refractivity contribution in [2.75, 3.05) is 0 Å². The molecule has 1 unspecified atom stereocenters. The molecule has 0 aliphatic carbocycles. The second-order valence-corrected chi connectivity index (χ2v) is 4.53. The maximum Gasteiger partial charge on any atom is 0.129 e. The van der Waals surface area contributed by atoms with Gasteiger partial charge in [-0.05, 0) is 35.9 Å². The van der Waals surface area contributed by atoms with Gasteiger partial charge in [0, 0.05) is 17.0 Å². The molecule has 0 fully saturated rings. The topological polar surface area (TPSA) is 20.2 Å².